The van der Waals surface area contributed by atoms with E-state index in [-0.39, 0.29) is 18.1 Å². The smallest absolute Gasteiger partial charge is 0.309 e. The standard InChI is InChI=1S/C11H13NO4S/c1-16-11(13)7-8-2-3-10-9(6-8)12-4-5-17(10,14)15/h2-3,6,12H,4-5,7H2,1H3. The Bertz CT molecular complexity index is 551. The van der Waals surface area contributed by atoms with Crippen LogP contribution in [0.1, 0.15) is 5.56 Å². The highest BCUT2D eigenvalue weighted by Crippen LogP contribution is 2.27. The zero-order chi connectivity index (χ0) is 12.5. The zero-order valence-electron chi connectivity index (χ0n) is 9.39. The Balaban J connectivity index is 2.35. The van der Waals surface area contributed by atoms with Crippen LogP contribution in [0, 0.1) is 0 Å². The predicted molar refractivity (Wildman–Crippen MR) is 62.7 cm³/mol. The van der Waals surface area contributed by atoms with Gasteiger partial charge in [-0.05, 0) is 17.7 Å². The molecule has 0 saturated carbocycles. The van der Waals surface area contributed by atoms with Gasteiger partial charge in [0, 0.05) is 6.54 Å². The molecule has 0 unspecified atom stereocenters. The lowest BCUT2D eigenvalue weighted by Crippen LogP contribution is -2.23. The number of methoxy groups -OCH3 is 1. The SMILES string of the molecule is COC(=O)Cc1ccc2c(c1)NCCS2(=O)=O. The third-order valence-electron chi connectivity index (χ3n) is 2.64. The molecule has 1 aliphatic heterocycles. The van der Waals surface area contributed by atoms with E-state index in [2.05, 4.69) is 10.1 Å². The summed E-state index contributed by atoms with van der Waals surface area (Å²) in [5.74, 6) is -0.236. The third-order valence-corrected chi connectivity index (χ3v) is 4.41. The second kappa shape index (κ2) is 4.37. The van der Waals surface area contributed by atoms with E-state index in [0.717, 1.165) is 5.56 Å². The van der Waals surface area contributed by atoms with Gasteiger partial charge >= 0.3 is 5.97 Å². The topological polar surface area (TPSA) is 72.5 Å². The third kappa shape index (κ3) is 2.41. The number of fused-ring (bicyclic) bond motifs is 1. The highest BCUT2D eigenvalue weighted by atomic mass is 32.2. The molecule has 1 aromatic carbocycles. The van der Waals surface area contributed by atoms with Crippen LogP contribution in [0.25, 0.3) is 0 Å². The quantitative estimate of drug-likeness (QED) is 0.783. The van der Waals surface area contributed by atoms with Crippen LogP contribution < -0.4 is 5.32 Å². The van der Waals surface area contributed by atoms with E-state index in [1.165, 1.54) is 13.2 Å². The molecule has 92 valence electrons. The van der Waals surface area contributed by atoms with Gasteiger partial charge in [-0.2, -0.15) is 0 Å². The van der Waals surface area contributed by atoms with Gasteiger partial charge in [0.2, 0.25) is 0 Å². The number of hydrogen-bond acceptors (Lipinski definition) is 5. The Kier molecular flexibility index (Phi) is 3.06. The van der Waals surface area contributed by atoms with Gasteiger partial charge < -0.3 is 10.1 Å². The fraction of sp³-hybridized carbons (Fsp3) is 0.364. The van der Waals surface area contributed by atoms with E-state index in [0.29, 0.717) is 17.1 Å². The van der Waals surface area contributed by atoms with Gasteiger partial charge in [0.15, 0.2) is 9.84 Å². The van der Waals surface area contributed by atoms with E-state index in [1.807, 2.05) is 0 Å². The molecule has 1 N–H and O–H groups in total. The highest BCUT2D eigenvalue weighted by Gasteiger charge is 2.23. The molecule has 17 heavy (non-hydrogen) atoms. The van der Waals surface area contributed by atoms with Crippen molar-refractivity contribution in [2.45, 2.75) is 11.3 Å². The summed E-state index contributed by atoms with van der Waals surface area (Å²) in [6, 6.07) is 4.86. The van der Waals surface area contributed by atoms with Gasteiger partial charge in [-0.15, -0.1) is 0 Å². The maximum absolute atomic E-state index is 11.7. The van der Waals surface area contributed by atoms with Crippen molar-refractivity contribution in [2.75, 3.05) is 24.7 Å². The lowest BCUT2D eigenvalue weighted by atomic mass is 10.1. The lowest BCUT2D eigenvalue weighted by Gasteiger charge is -2.18. The molecule has 5 nitrogen and oxygen atoms in total. The van der Waals surface area contributed by atoms with Crippen molar-refractivity contribution in [3.8, 4) is 0 Å². The summed E-state index contributed by atoms with van der Waals surface area (Å²) in [6.07, 6.45) is 0.144. The maximum Gasteiger partial charge on any atom is 0.309 e. The Morgan fingerprint density at radius 3 is 2.94 bits per heavy atom. The first-order chi connectivity index (χ1) is 8.03. The number of sulfone groups is 1. The Hall–Kier alpha value is -1.56. The van der Waals surface area contributed by atoms with Crippen molar-refractivity contribution in [1.29, 1.82) is 0 Å². The first-order valence-corrected chi connectivity index (χ1v) is 6.84. The van der Waals surface area contributed by atoms with Crippen LogP contribution in [-0.4, -0.2) is 33.8 Å². The van der Waals surface area contributed by atoms with Crippen LogP contribution >= 0.6 is 0 Å². The molecule has 1 aromatic rings. The van der Waals surface area contributed by atoms with Crippen molar-refractivity contribution < 1.29 is 17.9 Å². The Morgan fingerprint density at radius 2 is 2.24 bits per heavy atom. The van der Waals surface area contributed by atoms with Gasteiger partial charge in [0.25, 0.3) is 0 Å². The maximum atomic E-state index is 11.7. The number of carbonyl (C=O) groups excluding carboxylic acids is 1. The zero-order valence-corrected chi connectivity index (χ0v) is 10.2. The second-order valence-corrected chi connectivity index (χ2v) is 5.91. The largest absolute Gasteiger partial charge is 0.469 e. The number of benzene rings is 1. The minimum atomic E-state index is -3.17. The number of esters is 1. The summed E-state index contributed by atoms with van der Waals surface area (Å²) in [5.41, 5.74) is 1.30. The molecule has 1 heterocycles. The van der Waals surface area contributed by atoms with Crippen LogP contribution in [0.2, 0.25) is 0 Å². The summed E-state index contributed by atoms with van der Waals surface area (Å²) >= 11 is 0. The fourth-order valence-corrected chi connectivity index (χ4v) is 3.10. The van der Waals surface area contributed by atoms with E-state index in [9.17, 15) is 13.2 Å². The van der Waals surface area contributed by atoms with E-state index in [4.69, 9.17) is 0 Å². The first-order valence-electron chi connectivity index (χ1n) is 5.19. The number of ether oxygens (including phenoxy) is 1. The molecule has 0 bridgehead atoms. The highest BCUT2D eigenvalue weighted by molar-refractivity contribution is 7.91. The van der Waals surface area contributed by atoms with Crippen LogP contribution in [0.15, 0.2) is 23.1 Å². The molecule has 6 heteroatoms. The lowest BCUT2D eigenvalue weighted by molar-refractivity contribution is -0.139. The van der Waals surface area contributed by atoms with Gasteiger partial charge in [-0.1, -0.05) is 6.07 Å². The molecule has 0 fully saturated rings. The summed E-state index contributed by atoms with van der Waals surface area (Å²) in [6.45, 7) is 0.400. The van der Waals surface area contributed by atoms with Crippen LogP contribution in [-0.2, 0) is 25.8 Å². The molecule has 0 atom stereocenters. The van der Waals surface area contributed by atoms with Crippen molar-refractivity contribution in [3.05, 3.63) is 23.8 Å². The van der Waals surface area contributed by atoms with E-state index >= 15 is 0 Å². The molecule has 1 aliphatic rings. The predicted octanol–water partition coefficient (Wildman–Crippen LogP) is 0.601. The Morgan fingerprint density at radius 1 is 1.47 bits per heavy atom. The Labute approximate surface area is 99.7 Å². The molecule has 0 spiro atoms. The molecular weight excluding hydrogens is 242 g/mol. The van der Waals surface area contributed by atoms with Crippen LogP contribution in [0.4, 0.5) is 5.69 Å². The van der Waals surface area contributed by atoms with E-state index < -0.39 is 9.84 Å². The number of rotatable bonds is 2. The molecule has 2 rings (SSSR count). The van der Waals surface area contributed by atoms with Crippen molar-refractivity contribution >= 4 is 21.5 Å². The average Bonchev–Trinajstić information content (AvgIpc) is 2.28. The number of anilines is 1. The first kappa shape index (κ1) is 11.9. The number of carbonyl (C=O) groups is 1. The molecule has 0 aromatic heterocycles. The monoisotopic (exact) mass is 255 g/mol. The fourth-order valence-electron chi connectivity index (χ4n) is 1.77. The van der Waals surface area contributed by atoms with Crippen molar-refractivity contribution in [3.63, 3.8) is 0 Å². The summed E-state index contributed by atoms with van der Waals surface area (Å²) in [5, 5.41) is 3.02. The summed E-state index contributed by atoms with van der Waals surface area (Å²) in [4.78, 5) is 11.4. The molecular formula is C11H13NO4S. The minimum absolute atomic E-state index is 0.107. The molecule has 0 amide bonds. The van der Waals surface area contributed by atoms with Crippen molar-refractivity contribution in [1.82, 2.24) is 0 Å². The van der Waals surface area contributed by atoms with Crippen molar-refractivity contribution in [2.24, 2.45) is 0 Å². The number of nitrogens with one attached hydrogen (secondary N) is 1. The molecule has 0 saturated heterocycles. The van der Waals surface area contributed by atoms with Gasteiger partial charge in [-0.3, -0.25) is 4.79 Å². The van der Waals surface area contributed by atoms with Crippen LogP contribution in [0.3, 0.4) is 0 Å². The number of hydrogen-bond donors (Lipinski definition) is 1. The van der Waals surface area contributed by atoms with Gasteiger partial charge in [0.05, 0.1) is 29.9 Å². The normalized spacial score (nSPS) is 16.8. The van der Waals surface area contributed by atoms with Crippen LogP contribution in [0.5, 0.6) is 0 Å². The average molecular weight is 255 g/mol. The summed E-state index contributed by atoms with van der Waals surface area (Å²) < 4.78 is 28.0. The molecule has 0 aliphatic carbocycles. The van der Waals surface area contributed by atoms with Gasteiger partial charge in [-0.25, -0.2) is 8.42 Å². The second-order valence-electron chi connectivity index (χ2n) is 3.83. The van der Waals surface area contributed by atoms with E-state index in [1.54, 1.807) is 12.1 Å². The molecule has 0 radical (unpaired) electrons. The minimum Gasteiger partial charge on any atom is -0.469 e. The van der Waals surface area contributed by atoms with Gasteiger partial charge in [0.1, 0.15) is 0 Å². The summed E-state index contributed by atoms with van der Waals surface area (Å²) in [7, 11) is -1.85.